The summed E-state index contributed by atoms with van der Waals surface area (Å²) >= 11 is 0. The molecule has 0 fully saturated rings. The van der Waals surface area contributed by atoms with Crippen LogP contribution in [0.4, 0.5) is 0 Å². The van der Waals surface area contributed by atoms with Gasteiger partial charge in [-0.3, -0.25) is 0 Å². The van der Waals surface area contributed by atoms with Crippen molar-refractivity contribution in [3.63, 3.8) is 0 Å². The van der Waals surface area contributed by atoms with Crippen molar-refractivity contribution < 1.29 is 65.4 Å². The summed E-state index contributed by atoms with van der Waals surface area (Å²) in [5.41, 5.74) is 7.32. The van der Waals surface area contributed by atoms with Gasteiger partial charge < -0.3 is 14.1 Å². The van der Waals surface area contributed by atoms with E-state index in [1.165, 1.54) is 32.9 Å². The molecular formula is C51H61N3Y2-4. The van der Waals surface area contributed by atoms with E-state index in [2.05, 4.69) is 150 Å². The first-order valence-corrected chi connectivity index (χ1v) is 19.2. The quantitative estimate of drug-likeness (QED) is 0.161. The minimum Gasteiger partial charge on any atom is -0.406 e. The second-order valence-electron chi connectivity index (χ2n) is 10.6. The third kappa shape index (κ3) is 19.9. The molecular weight excluding hydrogens is 832 g/mol. The maximum Gasteiger partial charge on any atom is 0.0346 e. The molecule has 8 rings (SSSR count). The number of pyridine rings is 1. The fourth-order valence-electron chi connectivity index (χ4n) is 5.09. The molecule has 0 bridgehead atoms. The van der Waals surface area contributed by atoms with Gasteiger partial charge in [-0.25, -0.2) is 0 Å². The van der Waals surface area contributed by atoms with Crippen LogP contribution >= 0.6 is 0 Å². The monoisotopic (exact) mass is 893 g/mol. The molecule has 8 aromatic rings. The average molecular weight is 894 g/mol. The fraction of sp³-hybridized carbons (Fsp3) is 0.196. The van der Waals surface area contributed by atoms with Crippen LogP contribution in [0.15, 0.2) is 176 Å². The summed E-state index contributed by atoms with van der Waals surface area (Å²) in [6.07, 6.45) is 7.63. The Bertz CT molecular complexity index is 1800. The SMILES string of the molecule is CC.CC.CC.CC.[CH2-]c1cn(Cc2ccccc2)c2ccccc12.[CH2-]c1cn(Cc2ccccc2)c2ccccc12.[Y].[Y].[c-]1ccccc1.[c-]1ccncc1. The van der Waals surface area contributed by atoms with E-state index in [1.54, 1.807) is 24.5 Å². The van der Waals surface area contributed by atoms with Gasteiger partial charge in [0, 0.05) is 78.5 Å². The maximum atomic E-state index is 4.09. The van der Waals surface area contributed by atoms with Gasteiger partial charge in [-0.2, -0.15) is 79.6 Å². The Morgan fingerprint density at radius 3 is 1.04 bits per heavy atom. The zero-order valence-corrected chi connectivity index (χ0v) is 40.7. The summed E-state index contributed by atoms with van der Waals surface area (Å²) in [5, 5.41) is 2.48. The fourth-order valence-corrected chi connectivity index (χ4v) is 5.09. The van der Waals surface area contributed by atoms with Crippen molar-refractivity contribution >= 4 is 21.8 Å². The molecule has 0 amide bonds. The third-order valence-corrected chi connectivity index (χ3v) is 7.25. The molecule has 0 unspecified atom stereocenters. The van der Waals surface area contributed by atoms with Crippen LogP contribution in [-0.2, 0) is 78.5 Å². The first-order chi connectivity index (χ1) is 26.7. The van der Waals surface area contributed by atoms with Crippen LogP contribution in [0.2, 0.25) is 0 Å². The standard InChI is InChI=1S/2C16H14N.C6H5.C5H4N.4C2H6.2Y/c2*1-13-11-17(12-14-7-3-2-4-8-14)16-10-6-5-9-15(13)16;2*1-2-4-6-5-3-1;4*1-2;;/h2*2-11H,1,12H2;1-5H;2-5H;4*1-2H3;;/q4*-1;;;;;;. The largest absolute Gasteiger partial charge is 0.406 e. The van der Waals surface area contributed by atoms with E-state index >= 15 is 0 Å². The number of fused-ring (bicyclic) bond motifs is 2. The topological polar surface area (TPSA) is 22.8 Å². The third-order valence-electron chi connectivity index (χ3n) is 7.25. The van der Waals surface area contributed by atoms with E-state index in [0.717, 1.165) is 24.2 Å². The van der Waals surface area contributed by atoms with Crippen molar-refractivity contribution in [2.24, 2.45) is 0 Å². The van der Waals surface area contributed by atoms with Gasteiger partial charge in [0.05, 0.1) is 0 Å². The Labute approximate surface area is 390 Å². The van der Waals surface area contributed by atoms with Gasteiger partial charge >= 0.3 is 0 Å². The van der Waals surface area contributed by atoms with Crippen molar-refractivity contribution in [2.75, 3.05) is 0 Å². The van der Waals surface area contributed by atoms with Gasteiger partial charge in [0.1, 0.15) is 0 Å². The van der Waals surface area contributed by atoms with E-state index in [0.29, 0.717) is 0 Å². The van der Waals surface area contributed by atoms with Crippen LogP contribution in [0.1, 0.15) is 77.6 Å². The number of aromatic nitrogens is 3. The molecule has 0 spiro atoms. The van der Waals surface area contributed by atoms with Crippen LogP contribution in [0, 0.1) is 26.0 Å². The molecule has 0 atom stereocenters. The van der Waals surface area contributed by atoms with Gasteiger partial charge in [-0.1, -0.05) is 177 Å². The maximum absolute atomic E-state index is 4.09. The Morgan fingerprint density at radius 2 is 0.750 bits per heavy atom. The Kier molecular flexibility index (Phi) is 34.6. The first-order valence-electron chi connectivity index (χ1n) is 19.2. The first kappa shape index (κ1) is 54.4. The summed E-state index contributed by atoms with van der Waals surface area (Å²) in [7, 11) is 0. The molecule has 56 heavy (non-hydrogen) atoms. The molecule has 5 heteroatoms. The predicted octanol–water partition coefficient (Wildman–Crippen LogP) is 14.2. The second kappa shape index (κ2) is 35.7. The van der Waals surface area contributed by atoms with Gasteiger partial charge in [0.25, 0.3) is 0 Å². The Hall–Kier alpha value is -3.72. The van der Waals surface area contributed by atoms with E-state index < -0.39 is 0 Å². The molecule has 3 nitrogen and oxygen atoms in total. The minimum absolute atomic E-state index is 0. The molecule has 0 aliphatic heterocycles. The molecule has 3 aromatic heterocycles. The molecule has 0 aliphatic rings. The van der Waals surface area contributed by atoms with Gasteiger partial charge in [-0.15, -0.1) is 22.9 Å². The second-order valence-corrected chi connectivity index (χ2v) is 10.6. The number of hydrogen-bond donors (Lipinski definition) is 0. The molecule has 0 saturated heterocycles. The van der Waals surface area contributed by atoms with Crippen LogP contribution in [0.3, 0.4) is 0 Å². The molecule has 0 saturated carbocycles. The zero-order valence-electron chi connectivity index (χ0n) is 35.1. The van der Waals surface area contributed by atoms with Crippen LogP contribution in [-0.4, -0.2) is 14.1 Å². The van der Waals surface area contributed by atoms with Crippen LogP contribution < -0.4 is 0 Å². The minimum atomic E-state index is 0. The van der Waals surface area contributed by atoms with E-state index in [9.17, 15) is 0 Å². The van der Waals surface area contributed by atoms with Crippen LogP contribution in [0.5, 0.6) is 0 Å². The smallest absolute Gasteiger partial charge is 0.0346 e. The summed E-state index contributed by atoms with van der Waals surface area (Å²) in [6.45, 7) is 26.0. The molecule has 290 valence electrons. The molecule has 3 heterocycles. The van der Waals surface area contributed by atoms with Gasteiger partial charge in [0.2, 0.25) is 0 Å². The Morgan fingerprint density at radius 1 is 0.429 bits per heavy atom. The van der Waals surface area contributed by atoms with E-state index in [1.807, 2.05) is 97.9 Å². The summed E-state index contributed by atoms with van der Waals surface area (Å²) in [4.78, 5) is 3.75. The number of para-hydroxylation sites is 2. The predicted molar refractivity (Wildman–Crippen MR) is 238 cm³/mol. The van der Waals surface area contributed by atoms with Gasteiger partial charge in [-0.05, 0) is 22.2 Å². The number of benzene rings is 5. The number of hydrogen-bond acceptors (Lipinski definition) is 1. The number of rotatable bonds is 4. The average Bonchev–Trinajstić information content (AvgIpc) is 3.77. The van der Waals surface area contributed by atoms with Crippen molar-refractivity contribution in [1.82, 2.24) is 14.1 Å². The molecule has 2 radical (unpaired) electrons. The number of nitrogens with zero attached hydrogens (tertiary/aromatic N) is 3. The summed E-state index contributed by atoms with van der Waals surface area (Å²) in [6, 6.07) is 56.7. The summed E-state index contributed by atoms with van der Waals surface area (Å²) < 4.78 is 4.51. The summed E-state index contributed by atoms with van der Waals surface area (Å²) in [5.74, 6) is 0. The van der Waals surface area contributed by atoms with Crippen molar-refractivity contribution in [1.29, 1.82) is 0 Å². The normalized spacial score (nSPS) is 8.71. The van der Waals surface area contributed by atoms with Crippen molar-refractivity contribution in [3.05, 3.63) is 225 Å². The van der Waals surface area contributed by atoms with E-state index in [4.69, 9.17) is 0 Å². The molecule has 5 aromatic carbocycles. The van der Waals surface area contributed by atoms with Gasteiger partial charge in [0.15, 0.2) is 0 Å². The molecule has 0 N–H and O–H groups in total. The zero-order chi connectivity index (χ0) is 39.8. The van der Waals surface area contributed by atoms with Crippen LogP contribution in [0.25, 0.3) is 21.8 Å². The van der Waals surface area contributed by atoms with E-state index in [-0.39, 0.29) is 65.4 Å². The van der Waals surface area contributed by atoms with Crippen molar-refractivity contribution in [2.45, 2.75) is 68.5 Å². The Balaban J connectivity index is 0. The van der Waals surface area contributed by atoms with Crippen molar-refractivity contribution in [3.8, 4) is 0 Å². The molecule has 0 aliphatic carbocycles.